The van der Waals surface area contributed by atoms with Crippen LogP contribution in [0, 0.1) is 0 Å². The quantitative estimate of drug-likeness (QED) is 0.636. The molecule has 2 nitrogen and oxygen atoms in total. The van der Waals surface area contributed by atoms with E-state index in [-0.39, 0.29) is 5.54 Å². The van der Waals surface area contributed by atoms with Gasteiger partial charge in [0.05, 0.1) is 0 Å². The van der Waals surface area contributed by atoms with Gasteiger partial charge in [-0.1, -0.05) is 13.8 Å². The van der Waals surface area contributed by atoms with Gasteiger partial charge in [-0.05, 0) is 33.2 Å². The van der Waals surface area contributed by atoms with Gasteiger partial charge in [0.2, 0.25) is 0 Å². The van der Waals surface area contributed by atoms with Crippen molar-refractivity contribution in [1.82, 2.24) is 5.32 Å². The van der Waals surface area contributed by atoms with E-state index in [1.165, 1.54) is 0 Å². The normalized spacial score (nSPS) is 15.0. The highest BCUT2D eigenvalue weighted by molar-refractivity contribution is 4.81. The van der Waals surface area contributed by atoms with Crippen molar-refractivity contribution in [3.63, 3.8) is 0 Å². The molecule has 11 heavy (non-hydrogen) atoms. The van der Waals surface area contributed by atoms with Crippen LogP contribution in [0.2, 0.25) is 0 Å². The molecule has 0 amide bonds. The van der Waals surface area contributed by atoms with Crippen molar-refractivity contribution in [2.45, 2.75) is 52.1 Å². The molecule has 0 aromatic heterocycles. The van der Waals surface area contributed by atoms with Gasteiger partial charge in [-0.2, -0.15) is 0 Å². The lowest BCUT2D eigenvalue weighted by atomic mass is 9.94. The maximum atomic E-state index is 5.85. The third-order valence-electron chi connectivity index (χ3n) is 1.95. The summed E-state index contributed by atoms with van der Waals surface area (Å²) in [5, 5.41) is 3.41. The first-order valence-electron chi connectivity index (χ1n) is 4.52. The number of hydrogen-bond acceptors (Lipinski definition) is 2. The van der Waals surface area contributed by atoms with E-state index < -0.39 is 0 Å². The van der Waals surface area contributed by atoms with Gasteiger partial charge in [0.1, 0.15) is 0 Å². The van der Waals surface area contributed by atoms with Crippen LogP contribution in [0.5, 0.6) is 0 Å². The van der Waals surface area contributed by atoms with E-state index in [2.05, 4.69) is 33.0 Å². The lowest BCUT2D eigenvalue weighted by Crippen LogP contribution is -2.43. The first-order chi connectivity index (χ1) is 5.02. The highest BCUT2D eigenvalue weighted by Crippen LogP contribution is 2.11. The Morgan fingerprint density at radius 3 is 2.27 bits per heavy atom. The third kappa shape index (κ3) is 5.22. The Labute approximate surface area is 70.5 Å². The summed E-state index contributed by atoms with van der Waals surface area (Å²) in [5.41, 5.74) is 6.05. The Kier molecular flexibility index (Phi) is 4.69. The van der Waals surface area contributed by atoms with E-state index in [1.54, 1.807) is 0 Å². The van der Waals surface area contributed by atoms with Crippen molar-refractivity contribution in [1.29, 1.82) is 0 Å². The lowest BCUT2D eigenvalue weighted by molar-refractivity contribution is 0.337. The Morgan fingerprint density at radius 2 is 1.91 bits per heavy atom. The highest BCUT2D eigenvalue weighted by Gasteiger charge is 2.18. The zero-order valence-electron chi connectivity index (χ0n) is 8.28. The minimum absolute atomic E-state index is 0.199. The van der Waals surface area contributed by atoms with E-state index in [9.17, 15) is 0 Å². The lowest BCUT2D eigenvalue weighted by Gasteiger charge is -2.28. The van der Waals surface area contributed by atoms with Crippen molar-refractivity contribution >= 4 is 0 Å². The smallest absolute Gasteiger partial charge is 0.0139 e. The van der Waals surface area contributed by atoms with Crippen LogP contribution in [-0.2, 0) is 0 Å². The second-order valence-electron chi connectivity index (χ2n) is 3.79. The number of nitrogens with two attached hydrogens (primary N) is 1. The van der Waals surface area contributed by atoms with E-state index in [1.807, 2.05) is 0 Å². The van der Waals surface area contributed by atoms with Gasteiger partial charge >= 0.3 is 0 Å². The summed E-state index contributed by atoms with van der Waals surface area (Å²) in [5.74, 6) is 0. The fraction of sp³-hybridized carbons (Fsp3) is 1.00. The van der Waals surface area contributed by atoms with Crippen LogP contribution in [0.1, 0.15) is 40.5 Å². The van der Waals surface area contributed by atoms with Gasteiger partial charge in [0.25, 0.3) is 0 Å². The molecule has 3 N–H and O–H groups in total. The second-order valence-corrected chi connectivity index (χ2v) is 3.79. The summed E-state index contributed by atoms with van der Waals surface area (Å²) >= 11 is 0. The Morgan fingerprint density at radius 1 is 1.36 bits per heavy atom. The molecule has 0 fully saturated rings. The zero-order chi connectivity index (χ0) is 8.91. The number of nitrogens with one attached hydrogen (secondary N) is 1. The molecule has 0 spiro atoms. The SMILES string of the molecule is CCNC(C)(C)CC(N)CC. The average molecular weight is 158 g/mol. The van der Waals surface area contributed by atoms with Crippen LogP contribution in [0.3, 0.4) is 0 Å². The van der Waals surface area contributed by atoms with Crippen LogP contribution in [0.15, 0.2) is 0 Å². The van der Waals surface area contributed by atoms with E-state index >= 15 is 0 Å². The molecule has 0 aliphatic rings. The van der Waals surface area contributed by atoms with Crippen LogP contribution >= 0.6 is 0 Å². The third-order valence-corrected chi connectivity index (χ3v) is 1.95. The molecule has 0 saturated heterocycles. The Balaban J connectivity index is 3.70. The number of rotatable bonds is 5. The predicted molar refractivity (Wildman–Crippen MR) is 50.6 cm³/mol. The fourth-order valence-corrected chi connectivity index (χ4v) is 1.35. The summed E-state index contributed by atoms with van der Waals surface area (Å²) in [6.45, 7) is 9.67. The molecule has 0 bridgehead atoms. The second kappa shape index (κ2) is 4.73. The van der Waals surface area contributed by atoms with Crippen LogP contribution in [0.25, 0.3) is 0 Å². The molecule has 0 heterocycles. The average Bonchev–Trinajstić information content (AvgIpc) is 1.86. The van der Waals surface area contributed by atoms with Gasteiger partial charge < -0.3 is 11.1 Å². The molecular weight excluding hydrogens is 136 g/mol. The molecule has 68 valence electrons. The summed E-state index contributed by atoms with van der Waals surface area (Å²) < 4.78 is 0. The van der Waals surface area contributed by atoms with E-state index in [4.69, 9.17) is 5.73 Å². The Bertz CT molecular complexity index is 99.7. The van der Waals surface area contributed by atoms with Gasteiger partial charge in [0.15, 0.2) is 0 Å². The van der Waals surface area contributed by atoms with E-state index in [0.29, 0.717) is 6.04 Å². The van der Waals surface area contributed by atoms with Crippen molar-refractivity contribution in [2.24, 2.45) is 5.73 Å². The van der Waals surface area contributed by atoms with Crippen molar-refractivity contribution in [3.8, 4) is 0 Å². The van der Waals surface area contributed by atoms with Gasteiger partial charge in [0, 0.05) is 11.6 Å². The standard InChI is InChI=1S/C9H22N2/c1-5-8(10)7-9(3,4)11-6-2/h8,11H,5-7,10H2,1-4H3. The zero-order valence-corrected chi connectivity index (χ0v) is 8.28. The molecular formula is C9H22N2. The monoisotopic (exact) mass is 158 g/mol. The summed E-state index contributed by atoms with van der Waals surface area (Å²) in [4.78, 5) is 0. The van der Waals surface area contributed by atoms with Gasteiger partial charge in [-0.3, -0.25) is 0 Å². The highest BCUT2D eigenvalue weighted by atomic mass is 14.9. The summed E-state index contributed by atoms with van der Waals surface area (Å²) in [6.07, 6.45) is 2.12. The van der Waals surface area contributed by atoms with Crippen molar-refractivity contribution < 1.29 is 0 Å². The molecule has 0 aromatic rings. The van der Waals surface area contributed by atoms with Gasteiger partial charge in [-0.25, -0.2) is 0 Å². The molecule has 1 atom stereocenters. The van der Waals surface area contributed by atoms with Crippen LogP contribution in [-0.4, -0.2) is 18.1 Å². The van der Waals surface area contributed by atoms with Gasteiger partial charge in [-0.15, -0.1) is 0 Å². The molecule has 0 aliphatic heterocycles. The first kappa shape index (κ1) is 10.9. The summed E-state index contributed by atoms with van der Waals surface area (Å²) in [6, 6.07) is 0.337. The topological polar surface area (TPSA) is 38.0 Å². The van der Waals surface area contributed by atoms with Crippen molar-refractivity contribution in [3.05, 3.63) is 0 Å². The van der Waals surface area contributed by atoms with Crippen LogP contribution in [0.4, 0.5) is 0 Å². The maximum absolute atomic E-state index is 5.85. The minimum Gasteiger partial charge on any atom is -0.328 e. The maximum Gasteiger partial charge on any atom is 0.0139 e. The van der Waals surface area contributed by atoms with Crippen LogP contribution < -0.4 is 11.1 Å². The molecule has 0 rings (SSSR count). The molecule has 0 aliphatic carbocycles. The molecule has 0 saturated carbocycles. The van der Waals surface area contributed by atoms with Crippen molar-refractivity contribution in [2.75, 3.05) is 6.54 Å². The molecule has 0 radical (unpaired) electrons. The fourth-order valence-electron chi connectivity index (χ4n) is 1.35. The molecule has 0 aromatic carbocycles. The Hall–Kier alpha value is -0.0800. The first-order valence-corrected chi connectivity index (χ1v) is 4.52. The summed E-state index contributed by atoms with van der Waals surface area (Å²) in [7, 11) is 0. The largest absolute Gasteiger partial charge is 0.328 e. The molecule has 2 heteroatoms. The minimum atomic E-state index is 0.199. The predicted octanol–water partition coefficient (Wildman–Crippen LogP) is 1.50. The molecule has 1 unspecified atom stereocenters. The van der Waals surface area contributed by atoms with E-state index in [0.717, 1.165) is 19.4 Å². The number of hydrogen-bond donors (Lipinski definition) is 2.